The van der Waals surface area contributed by atoms with Crippen molar-refractivity contribution in [2.75, 3.05) is 5.75 Å². The van der Waals surface area contributed by atoms with Gasteiger partial charge in [-0.1, -0.05) is 25.1 Å². The second kappa shape index (κ2) is 5.69. The molecule has 0 aliphatic heterocycles. The van der Waals surface area contributed by atoms with Crippen LogP contribution in [-0.4, -0.2) is 37.0 Å². The molecule has 1 N–H and O–H groups in total. The van der Waals surface area contributed by atoms with Gasteiger partial charge in [0, 0.05) is 0 Å². The van der Waals surface area contributed by atoms with Crippen molar-refractivity contribution in [3.05, 3.63) is 0 Å². The Hall–Kier alpha value is -1.11. The number of aliphatic carboxylic acids is 1. The average Bonchev–Trinajstić information content (AvgIpc) is 2.62. The molecule has 1 aromatic heterocycles. The standard InChI is InChI=1S/C8H14N4O2S/c1-3-4-6(2)12-8(9-10-11-12)15-5-7(13)14/h6H,3-5H2,1-2H3,(H,13,14). The lowest BCUT2D eigenvalue weighted by atomic mass is 10.2. The minimum absolute atomic E-state index is 0.0147. The van der Waals surface area contributed by atoms with Crippen LogP contribution in [0.1, 0.15) is 32.7 Å². The maximum absolute atomic E-state index is 10.4. The third-order valence-electron chi connectivity index (χ3n) is 1.91. The molecule has 0 aromatic carbocycles. The van der Waals surface area contributed by atoms with E-state index in [1.807, 2.05) is 6.92 Å². The van der Waals surface area contributed by atoms with Crippen LogP contribution in [0.4, 0.5) is 0 Å². The zero-order chi connectivity index (χ0) is 11.3. The quantitative estimate of drug-likeness (QED) is 0.740. The summed E-state index contributed by atoms with van der Waals surface area (Å²) in [6, 6.07) is 0.210. The predicted molar refractivity (Wildman–Crippen MR) is 55.8 cm³/mol. The van der Waals surface area contributed by atoms with Gasteiger partial charge >= 0.3 is 5.97 Å². The number of rotatable bonds is 6. The summed E-state index contributed by atoms with van der Waals surface area (Å²) in [5.74, 6) is -0.878. The van der Waals surface area contributed by atoms with Crippen molar-refractivity contribution < 1.29 is 9.90 Å². The van der Waals surface area contributed by atoms with Crippen LogP contribution in [0.5, 0.6) is 0 Å². The van der Waals surface area contributed by atoms with E-state index in [1.165, 1.54) is 0 Å². The Morgan fingerprint density at radius 1 is 1.67 bits per heavy atom. The molecule has 0 aliphatic carbocycles. The van der Waals surface area contributed by atoms with Gasteiger partial charge in [-0.3, -0.25) is 4.79 Å². The molecule has 1 unspecified atom stereocenters. The van der Waals surface area contributed by atoms with Crippen molar-refractivity contribution in [1.29, 1.82) is 0 Å². The summed E-state index contributed by atoms with van der Waals surface area (Å²) >= 11 is 1.14. The van der Waals surface area contributed by atoms with Crippen molar-refractivity contribution in [3.63, 3.8) is 0 Å². The predicted octanol–water partition coefficient (Wildman–Crippen LogP) is 1.21. The highest BCUT2D eigenvalue weighted by molar-refractivity contribution is 7.99. The average molecular weight is 230 g/mol. The van der Waals surface area contributed by atoms with E-state index in [-0.39, 0.29) is 11.8 Å². The minimum atomic E-state index is -0.863. The Labute approximate surface area is 92.0 Å². The highest BCUT2D eigenvalue weighted by Crippen LogP contribution is 2.19. The number of carboxylic acid groups (broad SMARTS) is 1. The van der Waals surface area contributed by atoms with E-state index in [1.54, 1.807) is 4.68 Å². The van der Waals surface area contributed by atoms with Gasteiger partial charge in [0.05, 0.1) is 11.8 Å². The first-order valence-corrected chi connectivity index (χ1v) is 5.76. The zero-order valence-corrected chi connectivity index (χ0v) is 9.57. The molecule has 1 heterocycles. The van der Waals surface area contributed by atoms with E-state index in [9.17, 15) is 4.79 Å². The molecule has 0 bridgehead atoms. The van der Waals surface area contributed by atoms with Crippen LogP contribution in [0, 0.1) is 0 Å². The minimum Gasteiger partial charge on any atom is -0.481 e. The van der Waals surface area contributed by atoms with E-state index >= 15 is 0 Å². The van der Waals surface area contributed by atoms with Crippen LogP contribution in [0.2, 0.25) is 0 Å². The summed E-state index contributed by atoms with van der Waals surface area (Å²) in [5, 5.41) is 20.3. The van der Waals surface area contributed by atoms with Crippen LogP contribution < -0.4 is 0 Å². The van der Waals surface area contributed by atoms with Crippen molar-refractivity contribution in [3.8, 4) is 0 Å². The third-order valence-corrected chi connectivity index (χ3v) is 2.83. The van der Waals surface area contributed by atoms with E-state index in [2.05, 4.69) is 22.4 Å². The lowest BCUT2D eigenvalue weighted by Crippen LogP contribution is -2.09. The van der Waals surface area contributed by atoms with E-state index in [0.717, 1.165) is 24.6 Å². The molecule has 0 radical (unpaired) electrons. The fourth-order valence-electron chi connectivity index (χ4n) is 1.22. The van der Waals surface area contributed by atoms with Crippen molar-refractivity contribution in [2.45, 2.75) is 37.9 Å². The maximum atomic E-state index is 10.4. The summed E-state index contributed by atoms with van der Waals surface area (Å²) in [6.45, 7) is 4.11. The first kappa shape index (κ1) is 12.0. The number of nitrogens with zero attached hydrogens (tertiary/aromatic N) is 4. The molecule has 1 rings (SSSR count). The Morgan fingerprint density at radius 3 is 3.00 bits per heavy atom. The summed E-state index contributed by atoms with van der Waals surface area (Å²) in [6.07, 6.45) is 2.02. The van der Waals surface area contributed by atoms with Gasteiger partial charge in [0.25, 0.3) is 0 Å². The highest BCUT2D eigenvalue weighted by Gasteiger charge is 2.13. The first-order chi connectivity index (χ1) is 7.15. The van der Waals surface area contributed by atoms with Crippen molar-refractivity contribution in [2.24, 2.45) is 0 Å². The van der Waals surface area contributed by atoms with Gasteiger partial charge in [-0.2, -0.15) is 0 Å². The molecule has 1 aromatic rings. The van der Waals surface area contributed by atoms with E-state index < -0.39 is 5.97 Å². The lowest BCUT2D eigenvalue weighted by Gasteiger charge is -2.10. The molecule has 15 heavy (non-hydrogen) atoms. The van der Waals surface area contributed by atoms with Crippen LogP contribution >= 0.6 is 11.8 Å². The summed E-state index contributed by atoms with van der Waals surface area (Å²) < 4.78 is 1.68. The summed E-state index contributed by atoms with van der Waals surface area (Å²) in [7, 11) is 0. The normalized spacial score (nSPS) is 12.7. The van der Waals surface area contributed by atoms with Gasteiger partial charge in [0.1, 0.15) is 0 Å². The molecule has 1 atom stereocenters. The zero-order valence-electron chi connectivity index (χ0n) is 8.75. The molecule has 0 spiro atoms. The molecule has 0 fully saturated rings. The number of thioether (sulfide) groups is 1. The second-order valence-electron chi connectivity index (χ2n) is 3.23. The smallest absolute Gasteiger partial charge is 0.313 e. The third kappa shape index (κ3) is 3.50. The Kier molecular flexibility index (Phi) is 4.54. The lowest BCUT2D eigenvalue weighted by molar-refractivity contribution is -0.133. The Bertz CT molecular complexity index is 328. The fourth-order valence-corrected chi connectivity index (χ4v) is 1.92. The van der Waals surface area contributed by atoms with Gasteiger partial charge in [-0.15, -0.1) is 5.10 Å². The molecule has 0 saturated heterocycles. The fraction of sp³-hybridized carbons (Fsp3) is 0.750. The number of carbonyl (C=O) groups is 1. The first-order valence-electron chi connectivity index (χ1n) is 4.77. The van der Waals surface area contributed by atoms with E-state index in [4.69, 9.17) is 5.11 Å². The topological polar surface area (TPSA) is 80.9 Å². The molecule has 0 amide bonds. The van der Waals surface area contributed by atoms with Gasteiger partial charge in [-0.05, 0) is 23.8 Å². The van der Waals surface area contributed by atoms with E-state index in [0.29, 0.717) is 5.16 Å². The Balaban J connectivity index is 2.64. The monoisotopic (exact) mass is 230 g/mol. The number of carboxylic acids is 1. The molecule has 84 valence electrons. The molecular weight excluding hydrogens is 216 g/mol. The van der Waals surface area contributed by atoms with Crippen LogP contribution in [0.3, 0.4) is 0 Å². The summed E-state index contributed by atoms with van der Waals surface area (Å²) in [5.41, 5.74) is 0. The van der Waals surface area contributed by atoms with Gasteiger partial charge < -0.3 is 5.11 Å². The van der Waals surface area contributed by atoms with Gasteiger partial charge in [-0.25, -0.2) is 4.68 Å². The van der Waals surface area contributed by atoms with Crippen LogP contribution in [0.15, 0.2) is 5.16 Å². The van der Waals surface area contributed by atoms with Crippen molar-refractivity contribution in [1.82, 2.24) is 20.2 Å². The highest BCUT2D eigenvalue weighted by atomic mass is 32.2. The SMILES string of the molecule is CCCC(C)n1nnnc1SCC(=O)O. The number of hydrogen-bond acceptors (Lipinski definition) is 5. The number of hydrogen-bond donors (Lipinski definition) is 1. The molecule has 7 heteroatoms. The van der Waals surface area contributed by atoms with Gasteiger partial charge in [0.15, 0.2) is 0 Å². The molecule has 0 saturated carbocycles. The summed E-state index contributed by atoms with van der Waals surface area (Å²) in [4.78, 5) is 10.4. The largest absolute Gasteiger partial charge is 0.481 e. The van der Waals surface area contributed by atoms with Crippen molar-refractivity contribution >= 4 is 17.7 Å². The number of tetrazole rings is 1. The molecular formula is C8H14N4O2S. The van der Waals surface area contributed by atoms with Crippen LogP contribution in [0.25, 0.3) is 0 Å². The molecule has 6 nitrogen and oxygen atoms in total. The maximum Gasteiger partial charge on any atom is 0.313 e. The Morgan fingerprint density at radius 2 is 2.40 bits per heavy atom. The second-order valence-corrected chi connectivity index (χ2v) is 4.17. The van der Waals surface area contributed by atoms with Crippen LogP contribution in [-0.2, 0) is 4.79 Å². The van der Waals surface area contributed by atoms with Gasteiger partial charge in [0.2, 0.25) is 5.16 Å². The molecule has 0 aliphatic rings. The number of aromatic nitrogens is 4.